The molecule has 0 aliphatic rings. The number of H-pyrrole nitrogens is 1. The average molecular weight is 245 g/mol. The molecular formula is C13H19N5. The molecule has 96 valence electrons. The van der Waals surface area contributed by atoms with Crippen molar-refractivity contribution in [3.63, 3.8) is 0 Å². The van der Waals surface area contributed by atoms with Gasteiger partial charge in [-0.3, -0.25) is 0 Å². The zero-order valence-corrected chi connectivity index (χ0v) is 10.8. The lowest BCUT2D eigenvalue weighted by atomic mass is 10.1. The first-order valence-corrected chi connectivity index (χ1v) is 6.29. The highest BCUT2D eigenvalue weighted by Crippen LogP contribution is 2.09. The van der Waals surface area contributed by atoms with Gasteiger partial charge in [-0.15, -0.1) is 10.2 Å². The maximum Gasteiger partial charge on any atom is 0.191 e. The molecule has 2 aromatic rings. The molecule has 0 aliphatic heterocycles. The van der Waals surface area contributed by atoms with Crippen LogP contribution in [-0.2, 0) is 6.42 Å². The highest BCUT2D eigenvalue weighted by molar-refractivity contribution is 5.14. The van der Waals surface area contributed by atoms with Crippen molar-refractivity contribution in [3.05, 3.63) is 41.7 Å². The number of benzene rings is 1. The summed E-state index contributed by atoms with van der Waals surface area (Å²) in [7, 11) is 0. The summed E-state index contributed by atoms with van der Waals surface area (Å²) in [4.78, 5) is 0. The lowest BCUT2D eigenvalue weighted by Gasteiger charge is -2.17. The number of aromatic nitrogens is 4. The van der Waals surface area contributed by atoms with Gasteiger partial charge < -0.3 is 5.32 Å². The van der Waals surface area contributed by atoms with Crippen molar-refractivity contribution < 1.29 is 0 Å². The molecule has 2 rings (SSSR count). The third kappa shape index (κ3) is 3.63. The lowest BCUT2D eigenvalue weighted by molar-refractivity contribution is 0.443. The highest BCUT2D eigenvalue weighted by Gasteiger charge is 2.12. The molecule has 0 saturated heterocycles. The number of nitrogens with zero attached hydrogens (tertiary/aromatic N) is 3. The molecule has 0 aliphatic carbocycles. The topological polar surface area (TPSA) is 66.5 Å². The Morgan fingerprint density at radius 3 is 2.67 bits per heavy atom. The van der Waals surface area contributed by atoms with Crippen LogP contribution in [0.2, 0.25) is 0 Å². The Hall–Kier alpha value is -1.75. The van der Waals surface area contributed by atoms with Crippen LogP contribution in [0.3, 0.4) is 0 Å². The van der Waals surface area contributed by atoms with Crippen LogP contribution in [0.4, 0.5) is 0 Å². The molecule has 0 fully saturated rings. The molecule has 0 spiro atoms. The maximum atomic E-state index is 3.98. The van der Waals surface area contributed by atoms with E-state index in [0.717, 1.165) is 12.8 Å². The summed E-state index contributed by atoms with van der Waals surface area (Å²) in [5.41, 5.74) is 1.37. The first-order chi connectivity index (χ1) is 8.75. The van der Waals surface area contributed by atoms with Crippen LogP contribution in [0, 0.1) is 0 Å². The van der Waals surface area contributed by atoms with E-state index in [1.165, 1.54) is 5.56 Å². The number of aromatic amines is 1. The Balaban J connectivity index is 1.77. The molecule has 0 amide bonds. The minimum absolute atomic E-state index is 0.120. The van der Waals surface area contributed by atoms with Crippen molar-refractivity contribution in [2.24, 2.45) is 0 Å². The fourth-order valence-corrected chi connectivity index (χ4v) is 1.97. The number of tetrazole rings is 1. The SMILES string of the molecule is CC(CCc1ccccc1)NC(C)c1nn[nH]n1. The molecule has 1 aromatic carbocycles. The minimum Gasteiger partial charge on any atom is -0.305 e. The van der Waals surface area contributed by atoms with Crippen molar-refractivity contribution in [2.45, 2.75) is 38.8 Å². The fourth-order valence-electron chi connectivity index (χ4n) is 1.97. The van der Waals surface area contributed by atoms with Crippen molar-refractivity contribution in [1.29, 1.82) is 0 Å². The van der Waals surface area contributed by atoms with Gasteiger partial charge in [0.15, 0.2) is 5.82 Å². The third-order valence-electron chi connectivity index (χ3n) is 2.99. The summed E-state index contributed by atoms with van der Waals surface area (Å²) in [5, 5.41) is 17.5. The Kier molecular flexibility index (Phi) is 4.41. The van der Waals surface area contributed by atoms with E-state index >= 15 is 0 Å². The van der Waals surface area contributed by atoms with Gasteiger partial charge in [-0.25, -0.2) is 0 Å². The van der Waals surface area contributed by atoms with E-state index in [4.69, 9.17) is 0 Å². The van der Waals surface area contributed by atoms with Gasteiger partial charge in [0.2, 0.25) is 0 Å². The van der Waals surface area contributed by atoms with Crippen molar-refractivity contribution >= 4 is 0 Å². The van der Waals surface area contributed by atoms with E-state index in [9.17, 15) is 0 Å². The summed E-state index contributed by atoms with van der Waals surface area (Å²) in [6, 6.07) is 11.1. The summed E-state index contributed by atoms with van der Waals surface area (Å²) in [5.74, 6) is 0.710. The van der Waals surface area contributed by atoms with E-state index in [1.54, 1.807) is 0 Å². The molecule has 0 bridgehead atoms. The molecule has 5 nitrogen and oxygen atoms in total. The quantitative estimate of drug-likeness (QED) is 0.815. The van der Waals surface area contributed by atoms with Crippen LogP contribution in [0.5, 0.6) is 0 Å². The van der Waals surface area contributed by atoms with Crippen molar-refractivity contribution in [1.82, 2.24) is 25.9 Å². The third-order valence-corrected chi connectivity index (χ3v) is 2.99. The molecule has 0 radical (unpaired) electrons. The fraction of sp³-hybridized carbons (Fsp3) is 0.462. The van der Waals surface area contributed by atoms with Gasteiger partial charge >= 0.3 is 0 Å². The summed E-state index contributed by atoms with van der Waals surface area (Å²) >= 11 is 0. The predicted molar refractivity (Wildman–Crippen MR) is 70.0 cm³/mol. The molecule has 2 unspecified atom stereocenters. The van der Waals surface area contributed by atoms with E-state index in [-0.39, 0.29) is 6.04 Å². The van der Waals surface area contributed by atoms with Gasteiger partial charge in [-0.1, -0.05) is 35.5 Å². The zero-order chi connectivity index (χ0) is 12.8. The Bertz CT molecular complexity index is 440. The van der Waals surface area contributed by atoms with E-state index in [2.05, 4.69) is 57.1 Å². The van der Waals surface area contributed by atoms with Gasteiger partial charge in [-0.2, -0.15) is 5.21 Å². The summed E-state index contributed by atoms with van der Waals surface area (Å²) in [6.07, 6.45) is 2.17. The largest absolute Gasteiger partial charge is 0.305 e. The van der Waals surface area contributed by atoms with Crippen LogP contribution < -0.4 is 5.32 Å². The van der Waals surface area contributed by atoms with Crippen LogP contribution in [0.1, 0.15) is 37.7 Å². The molecule has 0 saturated carbocycles. The summed E-state index contributed by atoms with van der Waals surface area (Å²) in [6.45, 7) is 4.23. The molecule has 1 heterocycles. The standard InChI is InChI=1S/C13H19N5/c1-10(8-9-12-6-4-3-5-7-12)14-11(2)13-15-17-18-16-13/h3-7,10-11,14H,8-9H2,1-2H3,(H,15,16,17,18). The van der Waals surface area contributed by atoms with Crippen LogP contribution in [0.25, 0.3) is 0 Å². The summed E-state index contributed by atoms with van der Waals surface area (Å²) < 4.78 is 0. The van der Waals surface area contributed by atoms with Gasteiger partial charge in [-0.05, 0) is 32.3 Å². The smallest absolute Gasteiger partial charge is 0.191 e. The van der Waals surface area contributed by atoms with Gasteiger partial charge in [0.1, 0.15) is 0 Å². The number of nitrogens with one attached hydrogen (secondary N) is 2. The molecule has 18 heavy (non-hydrogen) atoms. The van der Waals surface area contributed by atoms with E-state index in [1.807, 2.05) is 13.0 Å². The Labute approximate surface area is 107 Å². The van der Waals surface area contributed by atoms with Crippen LogP contribution in [-0.4, -0.2) is 26.7 Å². The first kappa shape index (κ1) is 12.7. The second-order valence-corrected chi connectivity index (χ2v) is 4.58. The Morgan fingerprint density at radius 2 is 2.00 bits per heavy atom. The van der Waals surface area contributed by atoms with Gasteiger partial charge in [0, 0.05) is 6.04 Å². The predicted octanol–water partition coefficient (Wildman–Crippen LogP) is 1.87. The Morgan fingerprint density at radius 1 is 1.22 bits per heavy atom. The molecular weight excluding hydrogens is 226 g/mol. The number of hydrogen-bond acceptors (Lipinski definition) is 4. The maximum absolute atomic E-state index is 3.98. The minimum atomic E-state index is 0.120. The average Bonchev–Trinajstić information content (AvgIpc) is 2.91. The zero-order valence-electron chi connectivity index (χ0n) is 10.8. The first-order valence-electron chi connectivity index (χ1n) is 6.29. The van der Waals surface area contributed by atoms with Crippen molar-refractivity contribution in [3.8, 4) is 0 Å². The van der Waals surface area contributed by atoms with Crippen LogP contribution in [0.15, 0.2) is 30.3 Å². The van der Waals surface area contributed by atoms with Gasteiger partial charge in [0.05, 0.1) is 6.04 Å². The highest BCUT2D eigenvalue weighted by atomic mass is 15.5. The monoisotopic (exact) mass is 245 g/mol. The van der Waals surface area contributed by atoms with E-state index < -0.39 is 0 Å². The normalized spacial score (nSPS) is 14.3. The second kappa shape index (κ2) is 6.26. The second-order valence-electron chi connectivity index (χ2n) is 4.58. The molecule has 2 atom stereocenters. The van der Waals surface area contributed by atoms with E-state index in [0.29, 0.717) is 11.9 Å². The number of rotatable bonds is 6. The molecule has 5 heteroatoms. The molecule has 2 N–H and O–H groups in total. The van der Waals surface area contributed by atoms with Crippen molar-refractivity contribution in [2.75, 3.05) is 0 Å². The number of hydrogen-bond donors (Lipinski definition) is 2. The molecule has 1 aromatic heterocycles. The van der Waals surface area contributed by atoms with Gasteiger partial charge in [0.25, 0.3) is 0 Å². The van der Waals surface area contributed by atoms with Crippen LogP contribution >= 0.6 is 0 Å². The lowest BCUT2D eigenvalue weighted by Crippen LogP contribution is -2.30. The number of aryl methyl sites for hydroxylation is 1.